The van der Waals surface area contributed by atoms with E-state index in [-0.39, 0.29) is 24.0 Å². The van der Waals surface area contributed by atoms with Crippen LogP contribution in [-0.2, 0) is 10.8 Å². The van der Waals surface area contributed by atoms with Crippen LogP contribution in [0.15, 0.2) is 107 Å². The molecule has 1 heterocycles. The van der Waals surface area contributed by atoms with Crippen molar-refractivity contribution in [2.75, 3.05) is 36.5 Å². The van der Waals surface area contributed by atoms with Gasteiger partial charge in [-0.25, -0.2) is 0 Å². The number of β-amino-alcohol motifs (C(OH)–C–C–N with tert-alkyl or cyclic N) is 1. The minimum absolute atomic E-state index is 0.0820. The number of aliphatic hydroxyl groups is 2. The maximum atomic E-state index is 9.74. The Hall–Kier alpha value is -3.05. The van der Waals surface area contributed by atoms with Crippen molar-refractivity contribution in [1.82, 2.24) is 0 Å². The van der Waals surface area contributed by atoms with Crippen molar-refractivity contribution in [3.63, 3.8) is 0 Å². The van der Waals surface area contributed by atoms with E-state index in [0.29, 0.717) is 13.1 Å². The first-order valence-electron chi connectivity index (χ1n) is 13.7. The molecular weight excluding hydrogens is 504 g/mol. The summed E-state index contributed by atoms with van der Waals surface area (Å²) >= 11 is 6.90. The van der Waals surface area contributed by atoms with E-state index in [0.717, 1.165) is 51.5 Å². The lowest BCUT2D eigenvalue weighted by atomic mass is 9.77. The van der Waals surface area contributed by atoms with Gasteiger partial charge in [-0.2, -0.15) is 0 Å². The fourth-order valence-electron chi connectivity index (χ4n) is 5.62. The molecule has 0 radical (unpaired) electrons. The molecule has 2 aliphatic rings. The van der Waals surface area contributed by atoms with Crippen LogP contribution in [0.2, 0.25) is 0 Å². The molecule has 0 fully saturated rings. The van der Waals surface area contributed by atoms with Crippen LogP contribution in [0.5, 0.6) is 0 Å². The molecule has 4 nitrogen and oxygen atoms in total. The number of nitrogens with one attached hydrogen (secondary N) is 1. The van der Waals surface area contributed by atoms with Gasteiger partial charge in [0.05, 0.1) is 13.2 Å². The Morgan fingerprint density at radius 1 is 1.05 bits per heavy atom. The van der Waals surface area contributed by atoms with Crippen LogP contribution in [0, 0.1) is 0 Å². The Morgan fingerprint density at radius 3 is 2.51 bits per heavy atom. The summed E-state index contributed by atoms with van der Waals surface area (Å²) < 4.78 is 0. The summed E-state index contributed by atoms with van der Waals surface area (Å²) in [5, 5.41) is 23.1. The number of halogens is 1. The fraction of sp³-hybridized carbons (Fsp3) is 0.353. The molecule has 2 aromatic rings. The number of aliphatic hydroxyl groups excluding tert-OH is 2. The third-order valence-corrected chi connectivity index (χ3v) is 8.59. The lowest BCUT2D eigenvalue weighted by Crippen LogP contribution is -2.28. The lowest BCUT2D eigenvalue weighted by Gasteiger charge is -2.29. The number of anilines is 2. The Kier molecular flexibility index (Phi) is 8.90. The van der Waals surface area contributed by atoms with Gasteiger partial charge in [-0.05, 0) is 58.9 Å². The van der Waals surface area contributed by atoms with Crippen LogP contribution < -0.4 is 10.2 Å². The van der Waals surface area contributed by atoms with E-state index < -0.39 is 0 Å². The van der Waals surface area contributed by atoms with E-state index in [1.807, 2.05) is 18.2 Å². The van der Waals surface area contributed by atoms with Crippen molar-refractivity contribution in [2.45, 2.75) is 51.4 Å². The summed E-state index contributed by atoms with van der Waals surface area (Å²) in [5.41, 5.74) is 8.52. The van der Waals surface area contributed by atoms with Gasteiger partial charge < -0.3 is 20.4 Å². The SMILES string of the molecule is C=C(/C=C/C1=C(Cl)C(=C/C=C2/N(CCO)c3ccccc3C2(C)C)/CC1)C(C)(C)c1ccccc1NCCO. The summed E-state index contributed by atoms with van der Waals surface area (Å²) in [7, 11) is 0. The third kappa shape index (κ3) is 5.79. The molecule has 0 atom stereocenters. The second-order valence-corrected chi connectivity index (χ2v) is 11.7. The molecule has 0 saturated heterocycles. The Bertz CT molecular complexity index is 1350. The Balaban J connectivity index is 1.56. The van der Waals surface area contributed by atoms with Crippen LogP contribution in [-0.4, -0.2) is 36.5 Å². The molecule has 5 heteroatoms. The summed E-state index contributed by atoms with van der Waals surface area (Å²) in [6.07, 6.45) is 10.3. The molecular formula is C34H41ClN2O2. The summed E-state index contributed by atoms with van der Waals surface area (Å²) in [5.74, 6) is 0. The van der Waals surface area contributed by atoms with E-state index in [9.17, 15) is 10.2 Å². The zero-order chi connectivity index (χ0) is 28.2. The molecule has 2 aromatic carbocycles. The zero-order valence-corrected chi connectivity index (χ0v) is 24.4. The van der Waals surface area contributed by atoms with Gasteiger partial charge in [0, 0.05) is 46.0 Å². The van der Waals surface area contributed by atoms with Gasteiger partial charge in [-0.1, -0.05) is 101 Å². The van der Waals surface area contributed by atoms with E-state index in [1.54, 1.807) is 0 Å². The monoisotopic (exact) mass is 544 g/mol. The minimum Gasteiger partial charge on any atom is -0.395 e. The number of fused-ring (bicyclic) bond motifs is 1. The molecule has 3 N–H and O–H groups in total. The maximum Gasteiger partial charge on any atom is 0.0610 e. The van der Waals surface area contributed by atoms with Gasteiger partial charge in [-0.3, -0.25) is 0 Å². The number of allylic oxidation sites excluding steroid dienone is 9. The second-order valence-electron chi connectivity index (χ2n) is 11.3. The molecule has 0 saturated carbocycles. The van der Waals surface area contributed by atoms with Gasteiger partial charge in [-0.15, -0.1) is 0 Å². The van der Waals surface area contributed by atoms with Crippen LogP contribution >= 0.6 is 11.6 Å². The van der Waals surface area contributed by atoms with Crippen LogP contribution in [0.4, 0.5) is 11.4 Å². The Labute approximate surface area is 238 Å². The van der Waals surface area contributed by atoms with Gasteiger partial charge in [0.1, 0.15) is 0 Å². The number of hydrogen-bond donors (Lipinski definition) is 3. The van der Waals surface area contributed by atoms with E-state index in [2.05, 4.69) is 99.1 Å². The van der Waals surface area contributed by atoms with Crippen LogP contribution in [0.3, 0.4) is 0 Å². The van der Waals surface area contributed by atoms with Gasteiger partial charge in [0.15, 0.2) is 0 Å². The highest BCUT2D eigenvalue weighted by molar-refractivity contribution is 6.33. The fourth-order valence-corrected chi connectivity index (χ4v) is 5.94. The molecule has 0 unspecified atom stereocenters. The summed E-state index contributed by atoms with van der Waals surface area (Å²) in [4.78, 5) is 2.22. The average molecular weight is 545 g/mol. The topological polar surface area (TPSA) is 55.7 Å². The molecule has 0 bridgehead atoms. The third-order valence-electron chi connectivity index (χ3n) is 8.11. The molecule has 1 aliphatic heterocycles. The largest absolute Gasteiger partial charge is 0.395 e. The van der Waals surface area contributed by atoms with Gasteiger partial charge >= 0.3 is 0 Å². The van der Waals surface area contributed by atoms with Crippen molar-refractivity contribution in [3.8, 4) is 0 Å². The van der Waals surface area contributed by atoms with E-state index in [4.69, 9.17) is 11.6 Å². The average Bonchev–Trinajstić information content (AvgIpc) is 3.38. The van der Waals surface area contributed by atoms with Gasteiger partial charge in [0.25, 0.3) is 0 Å². The quantitative estimate of drug-likeness (QED) is 0.273. The first kappa shape index (κ1) is 28.9. The van der Waals surface area contributed by atoms with E-state index >= 15 is 0 Å². The van der Waals surface area contributed by atoms with Gasteiger partial charge in [0.2, 0.25) is 0 Å². The van der Waals surface area contributed by atoms with Crippen molar-refractivity contribution < 1.29 is 10.2 Å². The molecule has 39 heavy (non-hydrogen) atoms. The van der Waals surface area contributed by atoms with Crippen molar-refractivity contribution in [1.29, 1.82) is 0 Å². The smallest absolute Gasteiger partial charge is 0.0610 e. The lowest BCUT2D eigenvalue weighted by molar-refractivity contribution is 0.304. The number of hydrogen-bond acceptors (Lipinski definition) is 4. The van der Waals surface area contributed by atoms with Crippen LogP contribution in [0.1, 0.15) is 51.7 Å². The highest BCUT2D eigenvalue weighted by Gasteiger charge is 2.39. The van der Waals surface area contributed by atoms with Crippen LogP contribution in [0.25, 0.3) is 0 Å². The Morgan fingerprint density at radius 2 is 1.77 bits per heavy atom. The number of nitrogens with zero attached hydrogens (tertiary/aromatic N) is 1. The number of rotatable bonds is 10. The van der Waals surface area contributed by atoms with Crippen molar-refractivity contribution >= 4 is 23.0 Å². The minimum atomic E-state index is -0.302. The number of para-hydroxylation sites is 2. The molecule has 1 aliphatic carbocycles. The summed E-state index contributed by atoms with van der Waals surface area (Å²) in [6, 6.07) is 16.6. The molecule has 0 aromatic heterocycles. The van der Waals surface area contributed by atoms with E-state index in [1.165, 1.54) is 11.3 Å². The zero-order valence-electron chi connectivity index (χ0n) is 23.6. The molecule has 0 amide bonds. The maximum absolute atomic E-state index is 9.74. The summed E-state index contributed by atoms with van der Waals surface area (Å²) in [6.45, 7) is 14.4. The predicted molar refractivity (Wildman–Crippen MR) is 166 cm³/mol. The van der Waals surface area contributed by atoms with Crippen molar-refractivity contribution in [2.24, 2.45) is 0 Å². The van der Waals surface area contributed by atoms with Crippen molar-refractivity contribution in [3.05, 3.63) is 118 Å². The normalized spacial score (nSPS) is 19.0. The molecule has 0 spiro atoms. The highest BCUT2D eigenvalue weighted by atomic mass is 35.5. The predicted octanol–water partition coefficient (Wildman–Crippen LogP) is 7.37. The first-order chi connectivity index (χ1) is 18.6. The molecule has 206 valence electrons. The first-order valence-corrected chi connectivity index (χ1v) is 14.1. The highest BCUT2D eigenvalue weighted by Crippen LogP contribution is 2.47. The standard InChI is InChI=1S/C34H41ClN2O2/c1-24(33(2,3)27-10-6-8-12-29(27)36-20-22-38)14-15-25-16-17-26(32(25)35)18-19-31-34(4,5)28-11-7-9-13-30(28)37(31)21-23-39/h6-15,18-19,36,38-39H,1,16-17,20-23H2,2-5H3/b15-14+,26-18+,31-19+. The second kappa shape index (κ2) is 12.0. The number of benzene rings is 2. The molecule has 4 rings (SSSR count).